The van der Waals surface area contributed by atoms with Crippen molar-refractivity contribution in [2.45, 2.75) is 37.8 Å². The number of morpholine rings is 1. The molecule has 3 rings (SSSR count). The number of hydrogen-bond donors (Lipinski definition) is 2. The van der Waals surface area contributed by atoms with Crippen molar-refractivity contribution in [1.29, 1.82) is 0 Å². The molecule has 20 heavy (non-hydrogen) atoms. The van der Waals surface area contributed by atoms with Crippen LogP contribution in [0.2, 0.25) is 0 Å². The number of nitrogen functional groups attached to an aromatic ring is 1. The molecule has 1 aromatic rings. The first-order valence-electron chi connectivity index (χ1n) is 7.02. The summed E-state index contributed by atoms with van der Waals surface area (Å²) in [6.45, 7) is 1.22. The lowest BCUT2D eigenvalue weighted by Crippen LogP contribution is -2.55. The van der Waals surface area contributed by atoms with Crippen molar-refractivity contribution < 1.29 is 9.53 Å². The molecule has 3 N–H and O–H groups in total. The summed E-state index contributed by atoms with van der Waals surface area (Å²) in [6.07, 6.45) is 4.55. The number of fused-ring (bicyclic) bond motifs is 1. The Kier molecular flexibility index (Phi) is 3.79. The molecule has 2 fully saturated rings. The maximum absolute atomic E-state index is 12.6. The van der Waals surface area contributed by atoms with Crippen LogP contribution in [0.5, 0.6) is 0 Å². The highest BCUT2D eigenvalue weighted by Gasteiger charge is 2.37. The van der Waals surface area contributed by atoms with Gasteiger partial charge in [-0.3, -0.25) is 4.79 Å². The van der Waals surface area contributed by atoms with Crippen LogP contribution in [-0.2, 0) is 4.74 Å². The maximum atomic E-state index is 12.6. The Morgan fingerprint density at radius 1 is 1.35 bits per heavy atom. The summed E-state index contributed by atoms with van der Waals surface area (Å²) in [5, 5.41) is 7.79. The van der Waals surface area contributed by atoms with E-state index in [4.69, 9.17) is 10.6 Å². The van der Waals surface area contributed by atoms with Crippen molar-refractivity contribution in [3.63, 3.8) is 0 Å². The predicted octanol–water partition coefficient (Wildman–Crippen LogP) is 0.546. The van der Waals surface area contributed by atoms with Crippen LogP contribution in [0.4, 0.5) is 5.82 Å². The van der Waals surface area contributed by atoms with E-state index in [9.17, 15) is 4.79 Å². The molecule has 0 aromatic carbocycles. The van der Waals surface area contributed by atoms with E-state index in [1.54, 1.807) is 12.1 Å². The van der Waals surface area contributed by atoms with E-state index in [-0.39, 0.29) is 18.1 Å². The molecule has 1 aromatic heterocycles. The minimum atomic E-state index is -0.0683. The Morgan fingerprint density at radius 2 is 2.20 bits per heavy atom. The molecule has 1 aliphatic heterocycles. The zero-order chi connectivity index (χ0) is 13.9. The molecule has 1 aliphatic carbocycles. The predicted molar refractivity (Wildman–Crippen MR) is 72.9 cm³/mol. The van der Waals surface area contributed by atoms with Crippen LogP contribution in [0.15, 0.2) is 12.1 Å². The van der Waals surface area contributed by atoms with Gasteiger partial charge in [0.15, 0.2) is 11.5 Å². The average molecular weight is 277 g/mol. The molecular weight excluding hydrogens is 258 g/mol. The van der Waals surface area contributed by atoms with E-state index in [1.165, 1.54) is 6.42 Å². The molecule has 0 bridgehead atoms. The number of nitrogens with two attached hydrogens (primary N) is 1. The Labute approximate surface area is 117 Å². The lowest BCUT2D eigenvalue weighted by Gasteiger charge is -2.43. The largest absolute Gasteiger partial charge is 0.374 e. The second kappa shape index (κ2) is 5.72. The summed E-state index contributed by atoms with van der Waals surface area (Å²) in [6, 6.07) is 3.48. The van der Waals surface area contributed by atoms with Crippen LogP contribution < -0.4 is 11.3 Å². The van der Waals surface area contributed by atoms with E-state index < -0.39 is 0 Å². The lowest BCUT2D eigenvalue weighted by molar-refractivity contribution is -0.0754. The SMILES string of the molecule is NNc1ccc(C(=O)N2CCOC3CCCCC32)nn1. The first kappa shape index (κ1) is 13.3. The van der Waals surface area contributed by atoms with Crippen LogP contribution in [-0.4, -0.2) is 46.3 Å². The Morgan fingerprint density at radius 3 is 2.95 bits per heavy atom. The minimum Gasteiger partial charge on any atom is -0.374 e. The Hall–Kier alpha value is -1.73. The number of carbonyl (C=O) groups is 1. The molecule has 2 heterocycles. The highest BCUT2D eigenvalue weighted by Crippen LogP contribution is 2.29. The second-order valence-corrected chi connectivity index (χ2v) is 5.21. The number of ether oxygens (including phenoxy) is 1. The quantitative estimate of drug-likeness (QED) is 0.605. The number of nitrogens with one attached hydrogen (secondary N) is 1. The molecule has 2 atom stereocenters. The minimum absolute atomic E-state index is 0.0683. The molecule has 1 saturated heterocycles. The molecule has 7 nitrogen and oxygen atoms in total. The number of amides is 1. The van der Waals surface area contributed by atoms with Gasteiger partial charge < -0.3 is 15.1 Å². The summed E-state index contributed by atoms with van der Waals surface area (Å²) in [7, 11) is 0. The third-order valence-electron chi connectivity index (χ3n) is 4.02. The van der Waals surface area contributed by atoms with Gasteiger partial charge in [0, 0.05) is 6.54 Å². The van der Waals surface area contributed by atoms with Gasteiger partial charge in [0.25, 0.3) is 5.91 Å². The molecule has 0 spiro atoms. The van der Waals surface area contributed by atoms with E-state index in [0.29, 0.717) is 24.7 Å². The van der Waals surface area contributed by atoms with E-state index >= 15 is 0 Å². The Balaban J connectivity index is 1.77. The molecule has 2 unspecified atom stereocenters. The van der Waals surface area contributed by atoms with Crippen molar-refractivity contribution >= 4 is 11.7 Å². The smallest absolute Gasteiger partial charge is 0.274 e. The molecule has 0 radical (unpaired) electrons. The van der Waals surface area contributed by atoms with Gasteiger partial charge in [-0.05, 0) is 25.0 Å². The standard InChI is InChI=1S/C13H19N5O2/c14-15-12-6-5-9(16-17-12)13(19)18-7-8-20-11-4-2-1-3-10(11)18/h5-6,10-11H,1-4,7-8,14H2,(H,15,17). The normalized spacial score (nSPS) is 25.9. The second-order valence-electron chi connectivity index (χ2n) is 5.21. The van der Waals surface area contributed by atoms with Gasteiger partial charge in [-0.15, -0.1) is 10.2 Å². The van der Waals surface area contributed by atoms with Gasteiger partial charge in [0.2, 0.25) is 0 Å². The van der Waals surface area contributed by atoms with Crippen LogP contribution in [0.1, 0.15) is 36.2 Å². The number of rotatable bonds is 2. The number of nitrogens with zero attached hydrogens (tertiary/aromatic N) is 3. The summed E-state index contributed by atoms with van der Waals surface area (Å²) in [5.74, 6) is 5.62. The fourth-order valence-electron chi connectivity index (χ4n) is 3.02. The van der Waals surface area contributed by atoms with E-state index in [1.807, 2.05) is 4.90 Å². The number of carbonyl (C=O) groups excluding carboxylic acids is 1. The van der Waals surface area contributed by atoms with Gasteiger partial charge in [-0.2, -0.15) is 0 Å². The fourth-order valence-corrected chi connectivity index (χ4v) is 3.02. The highest BCUT2D eigenvalue weighted by molar-refractivity contribution is 5.92. The van der Waals surface area contributed by atoms with Crippen LogP contribution in [0.3, 0.4) is 0 Å². The molecular formula is C13H19N5O2. The van der Waals surface area contributed by atoms with E-state index in [2.05, 4.69) is 15.6 Å². The third kappa shape index (κ3) is 2.46. The van der Waals surface area contributed by atoms with Crippen molar-refractivity contribution in [2.24, 2.45) is 5.84 Å². The first-order valence-corrected chi connectivity index (χ1v) is 7.02. The zero-order valence-electron chi connectivity index (χ0n) is 11.3. The summed E-state index contributed by atoms with van der Waals surface area (Å²) < 4.78 is 5.78. The summed E-state index contributed by atoms with van der Waals surface area (Å²) in [4.78, 5) is 14.5. The highest BCUT2D eigenvalue weighted by atomic mass is 16.5. The number of aromatic nitrogens is 2. The lowest BCUT2D eigenvalue weighted by atomic mass is 9.90. The van der Waals surface area contributed by atoms with Crippen molar-refractivity contribution in [1.82, 2.24) is 15.1 Å². The monoisotopic (exact) mass is 277 g/mol. The van der Waals surface area contributed by atoms with Crippen LogP contribution in [0.25, 0.3) is 0 Å². The fraction of sp³-hybridized carbons (Fsp3) is 0.615. The van der Waals surface area contributed by atoms with Gasteiger partial charge in [0.05, 0.1) is 18.8 Å². The average Bonchev–Trinajstić information content (AvgIpc) is 2.54. The summed E-state index contributed by atoms with van der Waals surface area (Å²) >= 11 is 0. The molecule has 108 valence electrons. The summed E-state index contributed by atoms with van der Waals surface area (Å²) in [5.41, 5.74) is 2.76. The molecule has 1 saturated carbocycles. The van der Waals surface area contributed by atoms with Crippen molar-refractivity contribution in [3.05, 3.63) is 17.8 Å². The molecule has 1 amide bonds. The zero-order valence-corrected chi connectivity index (χ0v) is 11.3. The van der Waals surface area contributed by atoms with E-state index in [0.717, 1.165) is 19.3 Å². The van der Waals surface area contributed by atoms with Crippen molar-refractivity contribution in [3.8, 4) is 0 Å². The molecule has 7 heteroatoms. The van der Waals surface area contributed by atoms with Gasteiger partial charge in [-0.25, -0.2) is 5.84 Å². The van der Waals surface area contributed by atoms with Crippen molar-refractivity contribution in [2.75, 3.05) is 18.6 Å². The maximum Gasteiger partial charge on any atom is 0.274 e. The number of anilines is 1. The number of hydrazine groups is 1. The van der Waals surface area contributed by atoms with Crippen LogP contribution >= 0.6 is 0 Å². The van der Waals surface area contributed by atoms with Crippen LogP contribution in [0, 0.1) is 0 Å². The Bertz CT molecular complexity index is 476. The molecule has 2 aliphatic rings. The van der Waals surface area contributed by atoms with Gasteiger partial charge in [-0.1, -0.05) is 12.8 Å². The topological polar surface area (TPSA) is 93.4 Å². The number of hydrogen-bond acceptors (Lipinski definition) is 6. The first-order chi connectivity index (χ1) is 9.79. The van der Waals surface area contributed by atoms with Gasteiger partial charge >= 0.3 is 0 Å². The third-order valence-corrected chi connectivity index (χ3v) is 4.02. The van der Waals surface area contributed by atoms with Gasteiger partial charge in [0.1, 0.15) is 0 Å².